The highest BCUT2D eigenvalue weighted by atomic mass is 32.9. The van der Waals surface area contributed by atoms with Crippen LogP contribution in [0.3, 0.4) is 0 Å². The summed E-state index contributed by atoms with van der Waals surface area (Å²) in [5.74, 6) is 0. The van der Waals surface area contributed by atoms with E-state index in [1.54, 1.807) is 11.4 Å². The maximum absolute atomic E-state index is 5.64. The Hall–Kier alpha value is 0.0700. The molecule has 0 spiro atoms. The zero-order chi connectivity index (χ0) is 12.7. The molecule has 0 saturated heterocycles. The van der Waals surface area contributed by atoms with Crippen molar-refractivity contribution in [3.8, 4) is 0 Å². The molecule has 0 aromatic heterocycles. The number of benzene rings is 1. The molecule has 0 aliphatic rings. The number of hydrogen-bond donors (Lipinski definition) is 1. The molecular formula is C11H16NOPS3. The molecule has 1 N–H and O–H groups in total. The summed E-state index contributed by atoms with van der Waals surface area (Å²) < 4.78 is 5.64. The minimum Gasteiger partial charge on any atom is -0.327 e. The Bertz CT molecular complexity index is 399. The van der Waals surface area contributed by atoms with Gasteiger partial charge in [0.05, 0.1) is 12.1 Å². The third kappa shape index (κ3) is 5.06. The molecule has 2 unspecified atom stereocenters. The molecule has 94 valence electrons. The molecule has 0 heterocycles. The van der Waals surface area contributed by atoms with Crippen molar-refractivity contribution < 1.29 is 4.52 Å². The highest BCUT2D eigenvalue weighted by Crippen LogP contribution is 2.61. The lowest BCUT2D eigenvalue weighted by molar-refractivity contribution is 0.383. The van der Waals surface area contributed by atoms with Gasteiger partial charge in [-0.2, -0.15) is 0 Å². The molecule has 1 rings (SSSR count). The predicted molar refractivity (Wildman–Crippen MR) is 85.1 cm³/mol. The predicted octanol–water partition coefficient (Wildman–Crippen LogP) is 4.29. The van der Waals surface area contributed by atoms with E-state index in [1.165, 1.54) is 11.1 Å². The van der Waals surface area contributed by atoms with Gasteiger partial charge in [0.1, 0.15) is 0 Å². The van der Waals surface area contributed by atoms with E-state index < -0.39 is 5.62 Å². The van der Waals surface area contributed by atoms with Crippen LogP contribution >= 0.6 is 29.2 Å². The first kappa shape index (κ1) is 15.1. The van der Waals surface area contributed by atoms with E-state index in [-0.39, 0.29) is 5.25 Å². The van der Waals surface area contributed by atoms with Gasteiger partial charge in [-0.15, -0.1) is 0 Å². The summed E-state index contributed by atoms with van der Waals surface area (Å²) in [4.78, 5) is 0. The molecule has 0 saturated carbocycles. The van der Waals surface area contributed by atoms with Gasteiger partial charge in [0, 0.05) is 5.25 Å². The smallest absolute Gasteiger partial charge is 0.211 e. The lowest BCUT2D eigenvalue weighted by Gasteiger charge is -2.23. The summed E-state index contributed by atoms with van der Waals surface area (Å²) >= 11 is 12.0. The maximum Gasteiger partial charge on any atom is 0.211 e. The minimum atomic E-state index is -2.10. The topological polar surface area (TPSA) is 21.3 Å². The first-order chi connectivity index (χ1) is 8.11. The number of hydrogen-bond acceptors (Lipinski definition) is 4. The van der Waals surface area contributed by atoms with Crippen LogP contribution in [0.2, 0.25) is 0 Å². The van der Waals surface area contributed by atoms with E-state index in [0.717, 1.165) is 0 Å². The van der Waals surface area contributed by atoms with Gasteiger partial charge in [-0.1, -0.05) is 53.9 Å². The molecule has 0 fully saturated rings. The van der Waals surface area contributed by atoms with Gasteiger partial charge in [0.25, 0.3) is 0 Å². The fraction of sp³-hybridized carbons (Fsp3) is 0.364. The van der Waals surface area contributed by atoms with E-state index >= 15 is 0 Å². The first-order valence-electron chi connectivity index (χ1n) is 5.30. The number of thiocarbonyl (C=S) groups is 1. The van der Waals surface area contributed by atoms with Crippen LogP contribution in [-0.2, 0) is 16.3 Å². The van der Waals surface area contributed by atoms with Gasteiger partial charge in [0.2, 0.25) is 5.62 Å². The summed E-state index contributed by atoms with van der Waals surface area (Å²) in [5.41, 5.74) is 0.607. The second-order valence-electron chi connectivity index (χ2n) is 3.32. The SMILES string of the molecule is CCOP(=S)(NC=S)SC(C)c1ccccc1. The molecule has 1 aromatic rings. The third-order valence-electron chi connectivity index (χ3n) is 2.08. The van der Waals surface area contributed by atoms with Gasteiger partial charge in [-0.05, 0) is 31.2 Å². The summed E-state index contributed by atoms with van der Waals surface area (Å²) in [6, 6.07) is 10.3. The molecule has 0 bridgehead atoms. The van der Waals surface area contributed by atoms with Gasteiger partial charge in [-0.25, -0.2) is 0 Å². The first-order valence-corrected chi connectivity index (χ1v) is 9.98. The lowest BCUT2D eigenvalue weighted by Crippen LogP contribution is -2.07. The zero-order valence-electron chi connectivity index (χ0n) is 9.83. The maximum atomic E-state index is 5.64. The second-order valence-corrected chi connectivity index (χ2v) is 10.4. The summed E-state index contributed by atoms with van der Waals surface area (Å²) in [5, 5.41) is 3.31. The van der Waals surface area contributed by atoms with Crippen LogP contribution in [0.4, 0.5) is 0 Å². The number of nitrogens with one attached hydrogen (secondary N) is 1. The van der Waals surface area contributed by atoms with Crippen LogP contribution in [0, 0.1) is 0 Å². The van der Waals surface area contributed by atoms with Crippen LogP contribution in [0.15, 0.2) is 30.3 Å². The summed E-state index contributed by atoms with van der Waals surface area (Å²) in [6.45, 7) is 4.67. The molecule has 2 atom stereocenters. The molecular weight excluding hydrogens is 289 g/mol. The standard InChI is InChI=1S/C11H16NOPS3/c1-3-13-14(16,12-9-15)17-10(2)11-7-5-4-6-8-11/h4-10H,3H2,1-2H3,(H,12,15,16). The van der Waals surface area contributed by atoms with Crippen LogP contribution in [0.1, 0.15) is 24.7 Å². The quantitative estimate of drug-likeness (QED) is 0.597. The Morgan fingerprint density at radius 3 is 2.65 bits per heavy atom. The average molecular weight is 305 g/mol. The number of rotatable bonds is 7. The minimum absolute atomic E-state index is 0.288. The van der Waals surface area contributed by atoms with E-state index in [1.807, 2.05) is 25.1 Å². The Morgan fingerprint density at radius 2 is 2.12 bits per heavy atom. The highest BCUT2D eigenvalue weighted by molar-refractivity contribution is 8.69. The Kier molecular flexibility index (Phi) is 6.67. The van der Waals surface area contributed by atoms with Crippen LogP contribution in [0.25, 0.3) is 0 Å². The van der Waals surface area contributed by atoms with E-state index in [4.69, 9.17) is 28.5 Å². The Labute approximate surface area is 117 Å². The van der Waals surface area contributed by atoms with Crippen molar-refractivity contribution in [3.05, 3.63) is 35.9 Å². The van der Waals surface area contributed by atoms with Crippen LogP contribution in [0.5, 0.6) is 0 Å². The van der Waals surface area contributed by atoms with Crippen molar-refractivity contribution in [2.24, 2.45) is 0 Å². The molecule has 2 nitrogen and oxygen atoms in total. The van der Waals surface area contributed by atoms with Gasteiger partial charge >= 0.3 is 0 Å². The monoisotopic (exact) mass is 305 g/mol. The molecule has 6 heteroatoms. The van der Waals surface area contributed by atoms with Gasteiger partial charge < -0.3 is 9.61 Å². The van der Waals surface area contributed by atoms with E-state index in [0.29, 0.717) is 6.61 Å². The highest BCUT2D eigenvalue weighted by Gasteiger charge is 2.21. The summed E-state index contributed by atoms with van der Waals surface area (Å²) in [7, 11) is 0. The van der Waals surface area contributed by atoms with E-state index in [9.17, 15) is 0 Å². The lowest BCUT2D eigenvalue weighted by atomic mass is 10.2. The molecule has 0 amide bonds. The normalized spacial score (nSPS) is 15.9. The van der Waals surface area contributed by atoms with Crippen molar-refractivity contribution in [1.29, 1.82) is 0 Å². The van der Waals surface area contributed by atoms with Gasteiger partial charge in [0.15, 0.2) is 0 Å². The van der Waals surface area contributed by atoms with Crippen molar-refractivity contribution in [2.75, 3.05) is 6.61 Å². The van der Waals surface area contributed by atoms with Crippen LogP contribution < -0.4 is 5.09 Å². The van der Waals surface area contributed by atoms with Crippen molar-refractivity contribution in [3.63, 3.8) is 0 Å². The molecule has 0 aliphatic heterocycles. The largest absolute Gasteiger partial charge is 0.327 e. The van der Waals surface area contributed by atoms with Crippen molar-refractivity contribution in [2.45, 2.75) is 19.1 Å². The average Bonchev–Trinajstić information content (AvgIpc) is 2.30. The Balaban J connectivity index is 2.74. The molecule has 1 aromatic carbocycles. The summed E-state index contributed by atoms with van der Waals surface area (Å²) in [6.07, 6.45) is 0. The fourth-order valence-electron chi connectivity index (χ4n) is 1.33. The third-order valence-corrected chi connectivity index (χ3v) is 8.10. The van der Waals surface area contributed by atoms with Crippen LogP contribution in [-0.4, -0.2) is 12.1 Å². The molecule has 17 heavy (non-hydrogen) atoms. The fourth-order valence-corrected chi connectivity index (χ4v) is 7.62. The van der Waals surface area contributed by atoms with Crippen molar-refractivity contribution >= 4 is 46.5 Å². The Morgan fingerprint density at radius 1 is 1.47 bits per heavy atom. The molecule has 0 aliphatic carbocycles. The molecule has 0 radical (unpaired) electrons. The van der Waals surface area contributed by atoms with Crippen molar-refractivity contribution in [1.82, 2.24) is 5.09 Å². The zero-order valence-corrected chi connectivity index (χ0v) is 13.2. The second kappa shape index (κ2) is 7.49. The van der Waals surface area contributed by atoms with Gasteiger partial charge in [-0.3, -0.25) is 0 Å². The van der Waals surface area contributed by atoms with E-state index in [2.05, 4.69) is 24.1 Å².